The Balaban J connectivity index is 4.22. The van der Waals surface area contributed by atoms with Crippen LogP contribution in [-0.4, -0.2) is 23.5 Å². The van der Waals surface area contributed by atoms with Crippen LogP contribution < -0.4 is 0 Å². The molecular formula is C10H17NO4. The van der Waals surface area contributed by atoms with Gasteiger partial charge in [0, 0.05) is 23.3 Å². The topological polar surface area (TPSA) is 69.4 Å². The summed E-state index contributed by atoms with van der Waals surface area (Å²) in [6, 6.07) is -0.730. The summed E-state index contributed by atoms with van der Waals surface area (Å²) in [5, 5.41) is 10.6. The molecule has 0 aliphatic rings. The molecule has 0 aliphatic heterocycles. The average molecular weight is 215 g/mol. The van der Waals surface area contributed by atoms with E-state index in [4.69, 9.17) is 4.74 Å². The minimum absolute atomic E-state index is 0.0691. The molecule has 1 unspecified atom stereocenters. The average Bonchev–Trinajstić information content (AvgIpc) is 2.17. The first-order valence-electron chi connectivity index (χ1n) is 5.01. The summed E-state index contributed by atoms with van der Waals surface area (Å²) in [5.74, 6) is -0.541. The summed E-state index contributed by atoms with van der Waals surface area (Å²) >= 11 is 0. The fourth-order valence-corrected chi connectivity index (χ4v) is 1.22. The van der Waals surface area contributed by atoms with E-state index in [0.717, 1.165) is 0 Å². The van der Waals surface area contributed by atoms with Crippen molar-refractivity contribution in [1.29, 1.82) is 0 Å². The summed E-state index contributed by atoms with van der Waals surface area (Å²) in [7, 11) is 0. The maximum absolute atomic E-state index is 11.2. The lowest BCUT2D eigenvalue weighted by Gasteiger charge is -2.09. The highest BCUT2D eigenvalue weighted by molar-refractivity contribution is 5.87. The van der Waals surface area contributed by atoms with Crippen molar-refractivity contribution in [2.24, 2.45) is 0 Å². The molecule has 0 saturated heterocycles. The Kier molecular flexibility index (Phi) is 6.33. The molecule has 0 heterocycles. The number of ether oxygens (including phenoxy) is 1. The van der Waals surface area contributed by atoms with Gasteiger partial charge in [-0.25, -0.2) is 4.79 Å². The molecule has 0 N–H and O–H groups in total. The van der Waals surface area contributed by atoms with Gasteiger partial charge in [0.05, 0.1) is 6.61 Å². The summed E-state index contributed by atoms with van der Waals surface area (Å²) < 4.78 is 4.70. The first kappa shape index (κ1) is 13.6. The van der Waals surface area contributed by atoms with E-state index in [-0.39, 0.29) is 23.5 Å². The van der Waals surface area contributed by atoms with E-state index < -0.39 is 12.0 Å². The van der Waals surface area contributed by atoms with Crippen molar-refractivity contribution < 1.29 is 14.5 Å². The Labute approximate surface area is 89.3 Å². The van der Waals surface area contributed by atoms with Gasteiger partial charge in [-0.3, -0.25) is 10.1 Å². The molecule has 86 valence electrons. The molecular weight excluding hydrogens is 198 g/mol. The van der Waals surface area contributed by atoms with E-state index >= 15 is 0 Å². The SMILES string of the molecule is C=C(CC(CCC)[N+](=O)[O-])C(=O)OCC. The predicted octanol–water partition coefficient (Wildman–Crippen LogP) is 1.94. The second-order valence-corrected chi connectivity index (χ2v) is 3.26. The quantitative estimate of drug-likeness (QED) is 0.281. The zero-order chi connectivity index (χ0) is 11.8. The molecule has 0 radical (unpaired) electrons. The first-order chi connectivity index (χ1) is 7.02. The number of nitro groups is 1. The van der Waals surface area contributed by atoms with Gasteiger partial charge in [0.15, 0.2) is 0 Å². The number of carbonyl (C=O) groups excluding carboxylic acids is 1. The van der Waals surface area contributed by atoms with Crippen molar-refractivity contribution >= 4 is 5.97 Å². The molecule has 15 heavy (non-hydrogen) atoms. The highest BCUT2D eigenvalue weighted by Gasteiger charge is 2.23. The van der Waals surface area contributed by atoms with Crippen LogP contribution in [0.3, 0.4) is 0 Å². The van der Waals surface area contributed by atoms with E-state index in [1.807, 2.05) is 6.92 Å². The second-order valence-electron chi connectivity index (χ2n) is 3.26. The number of hydrogen-bond acceptors (Lipinski definition) is 4. The Hall–Kier alpha value is -1.39. The fourth-order valence-electron chi connectivity index (χ4n) is 1.22. The summed E-state index contributed by atoms with van der Waals surface area (Å²) in [6.45, 7) is 7.30. The molecule has 0 aromatic heterocycles. The van der Waals surface area contributed by atoms with Crippen LogP contribution in [0.5, 0.6) is 0 Å². The molecule has 0 spiro atoms. The van der Waals surface area contributed by atoms with Crippen molar-refractivity contribution in [3.8, 4) is 0 Å². The minimum Gasteiger partial charge on any atom is -0.463 e. The summed E-state index contributed by atoms with van der Waals surface area (Å²) in [6.07, 6.45) is 1.23. The van der Waals surface area contributed by atoms with Crippen LogP contribution in [0, 0.1) is 10.1 Å². The van der Waals surface area contributed by atoms with Crippen molar-refractivity contribution in [2.45, 2.75) is 39.2 Å². The minimum atomic E-state index is -0.730. The standard InChI is InChI=1S/C10H17NO4/c1-4-6-9(11(13)14)7-8(3)10(12)15-5-2/h9H,3-7H2,1-2H3. The van der Waals surface area contributed by atoms with Crippen LogP contribution in [0.25, 0.3) is 0 Å². The molecule has 5 nitrogen and oxygen atoms in total. The molecule has 0 amide bonds. The molecule has 1 atom stereocenters. The van der Waals surface area contributed by atoms with Gasteiger partial charge in [-0.15, -0.1) is 0 Å². The molecule has 5 heteroatoms. The third-order valence-electron chi connectivity index (χ3n) is 1.97. The van der Waals surface area contributed by atoms with Gasteiger partial charge in [0.25, 0.3) is 0 Å². The molecule has 0 bridgehead atoms. The zero-order valence-corrected chi connectivity index (χ0v) is 9.19. The third-order valence-corrected chi connectivity index (χ3v) is 1.97. The zero-order valence-electron chi connectivity index (χ0n) is 9.19. The van der Waals surface area contributed by atoms with Gasteiger partial charge in [0.1, 0.15) is 0 Å². The summed E-state index contributed by atoms with van der Waals surface area (Å²) in [4.78, 5) is 21.4. The maximum Gasteiger partial charge on any atom is 0.333 e. The highest BCUT2D eigenvalue weighted by atomic mass is 16.6. The molecule has 0 saturated carbocycles. The van der Waals surface area contributed by atoms with Gasteiger partial charge in [0.2, 0.25) is 6.04 Å². The lowest BCUT2D eigenvalue weighted by Crippen LogP contribution is -2.22. The molecule has 0 aromatic rings. The van der Waals surface area contributed by atoms with Crippen LogP contribution in [0.15, 0.2) is 12.2 Å². The molecule has 0 aromatic carbocycles. The van der Waals surface area contributed by atoms with Gasteiger partial charge in [-0.05, 0) is 13.3 Å². The smallest absolute Gasteiger partial charge is 0.333 e. The highest BCUT2D eigenvalue weighted by Crippen LogP contribution is 2.12. The Morgan fingerprint density at radius 1 is 1.53 bits per heavy atom. The van der Waals surface area contributed by atoms with Crippen LogP contribution in [0.1, 0.15) is 33.1 Å². The van der Waals surface area contributed by atoms with Crippen LogP contribution >= 0.6 is 0 Å². The Morgan fingerprint density at radius 3 is 2.53 bits per heavy atom. The first-order valence-corrected chi connectivity index (χ1v) is 5.01. The van der Waals surface area contributed by atoms with Crippen molar-refractivity contribution in [3.63, 3.8) is 0 Å². The fraction of sp³-hybridized carbons (Fsp3) is 0.700. The number of nitrogens with zero attached hydrogens (tertiary/aromatic N) is 1. The maximum atomic E-state index is 11.2. The molecule has 0 aliphatic carbocycles. The Morgan fingerprint density at radius 2 is 2.13 bits per heavy atom. The molecule has 0 rings (SSSR count). The predicted molar refractivity (Wildman–Crippen MR) is 56.1 cm³/mol. The van der Waals surface area contributed by atoms with Crippen LogP contribution in [-0.2, 0) is 9.53 Å². The third kappa shape index (κ3) is 5.15. The van der Waals surface area contributed by atoms with E-state index in [1.54, 1.807) is 6.92 Å². The largest absolute Gasteiger partial charge is 0.463 e. The Bertz CT molecular complexity index is 250. The van der Waals surface area contributed by atoms with Gasteiger partial charge in [-0.2, -0.15) is 0 Å². The van der Waals surface area contributed by atoms with E-state index in [2.05, 4.69) is 6.58 Å². The monoisotopic (exact) mass is 215 g/mol. The lowest BCUT2D eigenvalue weighted by atomic mass is 10.0. The lowest BCUT2D eigenvalue weighted by molar-refractivity contribution is -0.522. The van der Waals surface area contributed by atoms with Gasteiger partial charge >= 0.3 is 5.97 Å². The normalized spacial score (nSPS) is 11.9. The van der Waals surface area contributed by atoms with Crippen molar-refractivity contribution in [2.75, 3.05) is 6.61 Å². The number of rotatable bonds is 7. The number of esters is 1. The number of carbonyl (C=O) groups is 1. The van der Waals surface area contributed by atoms with Crippen molar-refractivity contribution in [3.05, 3.63) is 22.3 Å². The van der Waals surface area contributed by atoms with Gasteiger partial charge in [-0.1, -0.05) is 13.5 Å². The van der Waals surface area contributed by atoms with E-state index in [1.165, 1.54) is 0 Å². The molecule has 0 fully saturated rings. The van der Waals surface area contributed by atoms with Crippen LogP contribution in [0.2, 0.25) is 0 Å². The number of hydrogen-bond donors (Lipinski definition) is 0. The van der Waals surface area contributed by atoms with Crippen LogP contribution in [0.4, 0.5) is 0 Å². The second kappa shape index (κ2) is 6.98. The summed E-state index contributed by atoms with van der Waals surface area (Å²) in [5.41, 5.74) is 0.173. The van der Waals surface area contributed by atoms with Gasteiger partial charge < -0.3 is 4.74 Å². The van der Waals surface area contributed by atoms with Crippen molar-refractivity contribution in [1.82, 2.24) is 0 Å². The van der Waals surface area contributed by atoms with E-state index in [0.29, 0.717) is 12.8 Å². The van der Waals surface area contributed by atoms with E-state index in [9.17, 15) is 14.9 Å².